The van der Waals surface area contributed by atoms with Gasteiger partial charge in [-0.2, -0.15) is 16.9 Å². The molecule has 2 saturated heterocycles. The molecule has 1 spiro atoms. The van der Waals surface area contributed by atoms with Gasteiger partial charge in [0.2, 0.25) is 0 Å². The molecule has 1 aromatic heterocycles. The van der Waals surface area contributed by atoms with Crippen molar-refractivity contribution in [3.63, 3.8) is 0 Å². The third kappa shape index (κ3) is 2.23. The average Bonchev–Trinajstić information content (AvgIpc) is 2.99. The van der Waals surface area contributed by atoms with E-state index in [0.717, 1.165) is 30.8 Å². The number of aliphatic hydroxyl groups is 1. The van der Waals surface area contributed by atoms with Crippen LogP contribution in [0.1, 0.15) is 30.9 Å². The lowest BCUT2D eigenvalue weighted by molar-refractivity contribution is -0.0778. The Labute approximate surface area is 105 Å². The Bertz CT molecular complexity index is 388. The number of aliphatic hydroxyl groups excluding tert-OH is 1. The van der Waals surface area contributed by atoms with Gasteiger partial charge >= 0.3 is 0 Å². The molecule has 1 aromatic rings. The van der Waals surface area contributed by atoms with Gasteiger partial charge in [-0.3, -0.25) is 4.68 Å². The maximum Gasteiger partial charge on any atom is 0.0800 e. The van der Waals surface area contributed by atoms with Gasteiger partial charge in [-0.15, -0.1) is 0 Å². The van der Waals surface area contributed by atoms with Crippen molar-refractivity contribution in [2.24, 2.45) is 0 Å². The van der Waals surface area contributed by atoms with Crippen LogP contribution in [0.5, 0.6) is 0 Å². The summed E-state index contributed by atoms with van der Waals surface area (Å²) in [5.74, 6) is 2.34. The second-order valence-electron chi connectivity index (χ2n) is 4.97. The highest BCUT2D eigenvalue weighted by Gasteiger charge is 2.41. The number of hydrogen-bond acceptors (Lipinski definition) is 4. The summed E-state index contributed by atoms with van der Waals surface area (Å²) in [6.07, 6.45) is 6.98. The minimum atomic E-state index is 0.0736. The first kappa shape index (κ1) is 11.6. The summed E-state index contributed by atoms with van der Waals surface area (Å²) in [5, 5.41) is 13.4. The van der Waals surface area contributed by atoms with E-state index in [0.29, 0.717) is 6.04 Å². The van der Waals surface area contributed by atoms with Crippen molar-refractivity contribution in [3.05, 3.63) is 18.0 Å². The summed E-state index contributed by atoms with van der Waals surface area (Å²) in [4.78, 5) is 0. The third-order valence-corrected chi connectivity index (χ3v) is 4.97. The second kappa shape index (κ2) is 4.63. The molecule has 1 N–H and O–H groups in total. The molecule has 2 atom stereocenters. The first-order chi connectivity index (χ1) is 8.31. The van der Waals surface area contributed by atoms with Crippen molar-refractivity contribution in [1.29, 1.82) is 0 Å². The van der Waals surface area contributed by atoms with Crippen LogP contribution in [0, 0.1) is 0 Å². The van der Waals surface area contributed by atoms with Crippen molar-refractivity contribution < 1.29 is 9.84 Å². The fourth-order valence-electron chi connectivity index (χ4n) is 2.75. The molecule has 0 aromatic carbocycles. The molecule has 0 saturated carbocycles. The van der Waals surface area contributed by atoms with Gasteiger partial charge < -0.3 is 9.84 Å². The van der Waals surface area contributed by atoms with E-state index in [1.54, 1.807) is 6.20 Å². The van der Waals surface area contributed by atoms with E-state index in [9.17, 15) is 0 Å². The molecule has 94 valence electrons. The molecule has 0 aliphatic carbocycles. The van der Waals surface area contributed by atoms with E-state index < -0.39 is 0 Å². The quantitative estimate of drug-likeness (QED) is 0.871. The van der Waals surface area contributed by atoms with E-state index in [-0.39, 0.29) is 12.2 Å². The van der Waals surface area contributed by atoms with Crippen molar-refractivity contribution in [2.75, 3.05) is 18.1 Å². The molecule has 17 heavy (non-hydrogen) atoms. The number of nitrogens with zero attached hydrogens (tertiary/aromatic N) is 2. The fraction of sp³-hybridized carbons (Fsp3) is 0.750. The Morgan fingerprint density at radius 2 is 2.59 bits per heavy atom. The highest BCUT2D eigenvalue weighted by molar-refractivity contribution is 7.99. The van der Waals surface area contributed by atoms with Gasteiger partial charge in [-0.05, 0) is 25.0 Å². The monoisotopic (exact) mass is 254 g/mol. The SMILES string of the molecule is OCc1cnn(C2CCOC3(CCSC3)C2)c1. The average molecular weight is 254 g/mol. The zero-order valence-corrected chi connectivity index (χ0v) is 10.7. The van der Waals surface area contributed by atoms with E-state index >= 15 is 0 Å². The molecule has 4 nitrogen and oxygen atoms in total. The Balaban J connectivity index is 1.74. The van der Waals surface area contributed by atoms with E-state index in [1.165, 1.54) is 12.2 Å². The molecule has 5 heteroatoms. The lowest BCUT2D eigenvalue weighted by Gasteiger charge is -2.37. The maximum absolute atomic E-state index is 9.07. The predicted molar refractivity (Wildman–Crippen MR) is 67.0 cm³/mol. The molecule has 2 aliphatic heterocycles. The van der Waals surface area contributed by atoms with E-state index in [1.807, 2.05) is 22.6 Å². The molecule has 2 unspecified atom stereocenters. The topological polar surface area (TPSA) is 47.3 Å². The number of hydrogen-bond donors (Lipinski definition) is 1. The van der Waals surface area contributed by atoms with E-state index in [2.05, 4.69) is 5.10 Å². The number of rotatable bonds is 2. The van der Waals surface area contributed by atoms with Crippen molar-refractivity contribution >= 4 is 11.8 Å². The molecule has 2 fully saturated rings. The zero-order chi connectivity index (χ0) is 11.7. The van der Waals surface area contributed by atoms with Crippen LogP contribution in [0.25, 0.3) is 0 Å². The summed E-state index contributed by atoms with van der Waals surface area (Å²) in [7, 11) is 0. The van der Waals surface area contributed by atoms with Crippen molar-refractivity contribution in [1.82, 2.24) is 9.78 Å². The van der Waals surface area contributed by atoms with Gasteiger partial charge in [0.1, 0.15) is 0 Å². The Morgan fingerprint density at radius 1 is 1.65 bits per heavy atom. The molecular weight excluding hydrogens is 236 g/mol. The first-order valence-electron chi connectivity index (χ1n) is 6.17. The van der Waals surface area contributed by atoms with Crippen LogP contribution in [0.4, 0.5) is 0 Å². The van der Waals surface area contributed by atoms with Crippen LogP contribution in [-0.2, 0) is 11.3 Å². The standard InChI is InChI=1S/C12H18N2O2S/c15-8-10-6-13-14(7-10)11-1-3-16-12(5-11)2-4-17-9-12/h6-7,11,15H,1-5,8-9H2. The maximum atomic E-state index is 9.07. The summed E-state index contributed by atoms with van der Waals surface area (Å²) in [6, 6.07) is 0.433. The molecule has 3 heterocycles. The van der Waals surface area contributed by atoms with Gasteiger partial charge in [0.25, 0.3) is 0 Å². The molecule has 0 radical (unpaired) electrons. The molecule has 2 aliphatic rings. The van der Waals surface area contributed by atoms with Crippen LogP contribution in [0.15, 0.2) is 12.4 Å². The number of aromatic nitrogens is 2. The van der Waals surface area contributed by atoms with Gasteiger partial charge in [0.05, 0.1) is 24.4 Å². The van der Waals surface area contributed by atoms with Crippen LogP contribution < -0.4 is 0 Å². The van der Waals surface area contributed by atoms with Crippen molar-refractivity contribution in [2.45, 2.75) is 37.5 Å². The summed E-state index contributed by atoms with van der Waals surface area (Å²) >= 11 is 1.99. The largest absolute Gasteiger partial charge is 0.392 e. The van der Waals surface area contributed by atoms with E-state index in [4.69, 9.17) is 9.84 Å². The summed E-state index contributed by atoms with van der Waals surface area (Å²) in [5.41, 5.74) is 0.991. The smallest absolute Gasteiger partial charge is 0.0800 e. The molecule has 0 bridgehead atoms. The minimum absolute atomic E-state index is 0.0736. The lowest BCUT2D eigenvalue weighted by atomic mass is 9.90. The lowest BCUT2D eigenvalue weighted by Crippen LogP contribution is -2.40. The molecule has 3 rings (SSSR count). The normalized spacial score (nSPS) is 33.4. The van der Waals surface area contributed by atoms with Gasteiger partial charge in [-0.1, -0.05) is 0 Å². The fourth-order valence-corrected chi connectivity index (χ4v) is 4.13. The first-order valence-corrected chi connectivity index (χ1v) is 7.32. The van der Waals surface area contributed by atoms with Crippen LogP contribution >= 0.6 is 11.8 Å². The predicted octanol–water partition coefficient (Wildman–Crippen LogP) is 1.60. The second-order valence-corrected chi connectivity index (χ2v) is 6.07. The highest BCUT2D eigenvalue weighted by atomic mass is 32.2. The third-order valence-electron chi connectivity index (χ3n) is 3.75. The van der Waals surface area contributed by atoms with Crippen LogP contribution in [-0.4, -0.2) is 38.6 Å². The van der Waals surface area contributed by atoms with Crippen LogP contribution in [0.3, 0.4) is 0 Å². The van der Waals surface area contributed by atoms with Gasteiger partial charge in [-0.25, -0.2) is 0 Å². The summed E-state index contributed by atoms with van der Waals surface area (Å²) < 4.78 is 8.01. The Morgan fingerprint density at radius 3 is 3.29 bits per heavy atom. The van der Waals surface area contributed by atoms with Gasteiger partial charge in [0, 0.05) is 24.1 Å². The molecule has 0 amide bonds. The zero-order valence-electron chi connectivity index (χ0n) is 9.84. The summed E-state index contributed by atoms with van der Waals surface area (Å²) in [6.45, 7) is 0.907. The number of ether oxygens (including phenoxy) is 1. The van der Waals surface area contributed by atoms with Crippen LogP contribution in [0.2, 0.25) is 0 Å². The Kier molecular flexibility index (Phi) is 3.15. The highest BCUT2D eigenvalue weighted by Crippen LogP contribution is 2.41. The Hall–Kier alpha value is -0.520. The minimum Gasteiger partial charge on any atom is -0.392 e. The molecular formula is C12H18N2O2S. The van der Waals surface area contributed by atoms with Crippen molar-refractivity contribution in [3.8, 4) is 0 Å². The number of thioether (sulfide) groups is 1. The van der Waals surface area contributed by atoms with Gasteiger partial charge in [0.15, 0.2) is 0 Å².